The monoisotopic (exact) mass is 419 g/mol. The summed E-state index contributed by atoms with van der Waals surface area (Å²) in [5, 5.41) is 0.671. The van der Waals surface area contributed by atoms with E-state index in [-0.39, 0.29) is 12.5 Å². The van der Waals surface area contributed by atoms with Gasteiger partial charge in [-0.3, -0.25) is 14.4 Å². The second-order valence-electron chi connectivity index (χ2n) is 7.40. The minimum absolute atomic E-state index is 0.0717. The highest BCUT2D eigenvalue weighted by Gasteiger charge is 2.28. The lowest BCUT2D eigenvalue weighted by molar-refractivity contribution is -0.130. The third-order valence-electron chi connectivity index (χ3n) is 5.52. The molecule has 3 aromatic rings. The third-order valence-corrected chi connectivity index (χ3v) is 5.52. The van der Waals surface area contributed by atoms with E-state index in [1.165, 1.54) is 4.90 Å². The fourth-order valence-corrected chi connectivity index (χ4v) is 3.93. The van der Waals surface area contributed by atoms with Gasteiger partial charge >= 0.3 is 0 Å². The Kier molecular flexibility index (Phi) is 6.13. The van der Waals surface area contributed by atoms with Gasteiger partial charge in [0, 0.05) is 42.4 Å². The standard InChI is InChI=1S/C24H25N3O4/c1-2-27(18-8-4-3-5-9-18)22(28)17-26-16-20(19-10-6-7-11-21(19)26)23(29)24(30)25-12-14-31-15-13-25/h3-11,16H,2,12-15,17H2,1H3. The van der Waals surface area contributed by atoms with Gasteiger partial charge in [0.2, 0.25) is 5.91 Å². The normalized spacial score (nSPS) is 13.9. The first kappa shape index (κ1) is 20.8. The van der Waals surface area contributed by atoms with Crippen molar-refractivity contribution in [1.82, 2.24) is 9.47 Å². The first-order valence-electron chi connectivity index (χ1n) is 10.4. The molecule has 2 heterocycles. The number of amides is 2. The molecule has 0 atom stereocenters. The van der Waals surface area contributed by atoms with Crippen LogP contribution in [0.3, 0.4) is 0 Å². The number of Topliss-reactive ketones (excluding diaryl/α,β-unsaturated/α-hetero) is 1. The Hall–Kier alpha value is -3.45. The van der Waals surface area contributed by atoms with Crippen LogP contribution in [-0.2, 0) is 20.9 Å². The van der Waals surface area contributed by atoms with Crippen LogP contribution >= 0.6 is 0 Å². The summed E-state index contributed by atoms with van der Waals surface area (Å²) in [5.41, 5.74) is 1.89. The highest BCUT2D eigenvalue weighted by molar-refractivity contribution is 6.44. The Morgan fingerprint density at radius 2 is 1.65 bits per heavy atom. The number of morpholine rings is 1. The number of ether oxygens (including phenoxy) is 1. The van der Waals surface area contributed by atoms with Crippen molar-refractivity contribution < 1.29 is 19.1 Å². The minimum atomic E-state index is -0.556. The molecule has 1 aromatic heterocycles. The molecule has 7 nitrogen and oxygen atoms in total. The van der Waals surface area contributed by atoms with Crippen LogP contribution in [0.2, 0.25) is 0 Å². The SMILES string of the molecule is CCN(C(=O)Cn1cc(C(=O)C(=O)N2CCOCC2)c2ccccc21)c1ccccc1. The van der Waals surface area contributed by atoms with Crippen LogP contribution in [0, 0.1) is 0 Å². The van der Waals surface area contributed by atoms with Crippen LogP contribution in [0.15, 0.2) is 60.8 Å². The Morgan fingerprint density at radius 3 is 2.35 bits per heavy atom. The van der Waals surface area contributed by atoms with Gasteiger partial charge in [0.15, 0.2) is 0 Å². The predicted octanol–water partition coefficient (Wildman–Crippen LogP) is 2.74. The average molecular weight is 419 g/mol. The smallest absolute Gasteiger partial charge is 0.295 e. The molecular formula is C24H25N3O4. The van der Waals surface area contributed by atoms with E-state index in [0.29, 0.717) is 43.8 Å². The van der Waals surface area contributed by atoms with Crippen molar-refractivity contribution in [2.45, 2.75) is 13.5 Å². The molecule has 1 aliphatic heterocycles. The zero-order chi connectivity index (χ0) is 21.8. The molecule has 0 unspecified atom stereocenters. The molecule has 0 aliphatic carbocycles. The van der Waals surface area contributed by atoms with Crippen molar-refractivity contribution >= 4 is 34.2 Å². The number of benzene rings is 2. The topological polar surface area (TPSA) is 71.9 Å². The molecule has 7 heteroatoms. The number of rotatable bonds is 6. The maximum Gasteiger partial charge on any atom is 0.295 e. The molecule has 1 saturated heterocycles. The van der Waals surface area contributed by atoms with Crippen molar-refractivity contribution in [2.24, 2.45) is 0 Å². The molecule has 0 spiro atoms. The summed E-state index contributed by atoms with van der Waals surface area (Å²) < 4.78 is 7.02. The van der Waals surface area contributed by atoms with Crippen LogP contribution in [0.4, 0.5) is 5.69 Å². The number of hydrogen-bond donors (Lipinski definition) is 0. The molecule has 0 radical (unpaired) electrons. The van der Waals surface area contributed by atoms with E-state index >= 15 is 0 Å². The largest absolute Gasteiger partial charge is 0.378 e. The molecule has 160 valence electrons. The quantitative estimate of drug-likeness (QED) is 0.455. The van der Waals surface area contributed by atoms with Gasteiger partial charge in [-0.15, -0.1) is 0 Å². The number of ketones is 1. The van der Waals surface area contributed by atoms with E-state index < -0.39 is 11.7 Å². The minimum Gasteiger partial charge on any atom is -0.378 e. The van der Waals surface area contributed by atoms with Gasteiger partial charge in [-0.1, -0.05) is 36.4 Å². The molecule has 0 bridgehead atoms. The molecule has 0 N–H and O–H groups in total. The van der Waals surface area contributed by atoms with Crippen molar-refractivity contribution in [1.29, 1.82) is 0 Å². The van der Waals surface area contributed by atoms with Gasteiger partial charge in [-0.2, -0.15) is 0 Å². The van der Waals surface area contributed by atoms with Gasteiger partial charge in [-0.05, 0) is 25.1 Å². The summed E-state index contributed by atoms with van der Waals surface area (Å²) in [7, 11) is 0. The number of likely N-dealkylation sites (N-methyl/N-ethyl adjacent to an activating group) is 1. The van der Waals surface area contributed by atoms with Gasteiger partial charge in [0.05, 0.1) is 18.8 Å². The summed E-state index contributed by atoms with van der Waals surface area (Å²) >= 11 is 0. The fourth-order valence-electron chi connectivity index (χ4n) is 3.93. The Balaban J connectivity index is 1.63. The Morgan fingerprint density at radius 1 is 0.968 bits per heavy atom. The molecule has 31 heavy (non-hydrogen) atoms. The van der Waals surface area contributed by atoms with E-state index in [1.807, 2.05) is 61.5 Å². The Labute approximate surface area is 180 Å². The third kappa shape index (κ3) is 4.22. The number of para-hydroxylation sites is 2. The van der Waals surface area contributed by atoms with E-state index in [0.717, 1.165) is 11.2 Å². The van der Waals surface area contributed by atoms with Gasteiger partial charge in [-0.25, -0.2) is 0 Å². The molecule has 0 saturated carbocycles. The molecule has 2 amide bonds. The molecule has 1 fully saturated rings. The number of aromatic nitrogens is 1. The molecule has 2 aromatic carbocycles. The van der Waals surface area contributed by atoms with Crippen LogP contribution < -0.4 is 4.90 Å². The van der Waals surface area contributed by atoms with Crippen LogP contribution in [0.5, 0.6) is 0 Å². The number of carbonyl (C=O) groups excluding carboxylic acids is 3. The zero-order valence-electron chi connectivity index (χ0n) is 17.5. The second kappa shape index (κ2) is 9.14. The first-order valence-corrected chi connectivity index (χ1v) is 10.4. The molecule has 1 aliphatic rings. The van der Waals surface area contributed by atoms with Crippen molar-refractivity contribution in [3.63, 3.8) is 0 Å². The maximum absolute atomic E-state index is 13.1. The molecule has 4 rings (SSSR count). The van der Waals surface area contributed by atoms with Gasteiger partial charge < -0.3 is 19.1 Å². The summed E-state index contributed by atoms with van der Waals surface area (Å²) in [6.45, 7) is 4.21. The van der Waals surface area contributed by atoms with E-state index in [9.17, 15) is 14.4 Å². The van der Waals surface area contributed by atoms with Crippen LogP contribution in [0.1, 0.15) is 17.3 Å². The Bertz CT molecular complexity index is 1100. The first-order chi connectivity index (χ1) is 15.1. The fraction of sp³-hybridized carbons (Fsp3) is 0.292. The number of nitrogens with zero attached hydrogens (tertiary/aromatic N) is 3. The lowest BCUT2D eigenvalue weighted by Crippen LogP contribution is -2.44. The maximum atomic E-state index is 13.1. The summed E-state index contributed by atoms with van der Waals surface area (Å²) in [6, 6.07) is 16.8. The number of anilines is 1. The van der Waals surface area contributed by atoms with E-state index in [2.05, 4.69) is 0 Å². The van der Waals surface area contributed by atoms with Gasteiger partial charge in [0.1, 0.15) is 6.54 Å². The highest BCUT2D eigenvalue weighted by Crippen LogP contribution is 2.23. The zero-order valence-corrected chi connectivity index (χ0v) is 17.5. The van der Waals surface area contributed by atoms with E-state index in [1.54, 1.807) is 15.7 Å². The lowest BCUT2D eigenvalue weighted by Gasteiger charge is -2.25. The van der Waals surface area contributed by atoms with Crippen molar-refractivity contribution in [3.8, 4) is 0 Å². The number of hydrogen-bond acceptors (Lipinski definition) is 4. The van der Waals surface area contributed by atoms with Crippen LogP contribution in [0.25, 0.3) is 10.9 Å². The number of fused-ring (bicyclic) bond motifs is 1. The molecular weight excluding hydrogens is 394 g/mol. The van der Waals surface area contributed by atoms with E-state index in [4.69, 9.17) is 4.74 Å². The predicted molar refractivity (Wildman–Crippen MR) is 118 cm³/mol. The summed E-state index contributed by atoms with van der Waals surface area (Å²) in [4.78, 5) is 42.1. The van der Waals surface area contributed by atoms with Crippen LogP contribution in [-0.4, -0.2) is 59.9 Å². The number of carbonyl (C=O) groups is 3. The van der Waals surface area contributed by atoms with Crippen molar-refractivity contribution in [2.75, 3.05) is 37.7 Å². The second-order valence-corrected chi connectivity index (χ2v) is 7.40. The average Bonchev–Trinajstić information content (AvgIpc) is 3.18. The lowest BCUT2D eigenvalue weighted by atomic mass is 10.1. The summed E-state index contributed by atoms with van der Waals surface area (Å²) in [5.74, 6) is -1.18. The van der Waals surface area contributed by atoms with Gasteiger partial charge in [0.25, 0.3) is 11.7 Å². The van der Waals surface area contributed by atoms with Crippen molar-refractivity contribution in [3.05, 3.63) is 66.4 Å². The highest BCUT2D eigenvalue weighted by atomic mass is 16.5. The summed E-state index contributed by atoms with van der Waals surface area (Å²) in [6.07, 6.45) is 1.63.